The number of hydrogen-bond acceptors (Lipinski definition) is 4. The van der Waals surface area contributed by atoms with E-state index in [0.29, 0.717) is 24.0 Å². The number of carbonyl (C=O) groups excluding carboxylic acids is 1. The summed E-state index contributed by atoms with van der Waals surface area (Å²) in [6.07, 6.45) is 1.46. The number of amides is 1. The van der Waals surface area contributed by atoms with Gasteiger partial charge in [-0.3, -0.25) is 19.1 Å². The molecule has 150 valence electrons. The second-order valence-corrected chi connectivity index (χ2v) is 8.40. The van der Waals surface area contributed by atoms with Crippen LogP contribution in [0.4, 0.5) is 0 Å². The molecule has 0 aliphatic carbocycles. The maximum Gasteiger partial charge on any atom is 0.261 e. The number of hydrogen-bond donors (Lipinski definition) is 0. The van der Waals surface area contributed by atoms with Gasteiger partial charge in [-0.2, -0.15) is 0 Å². The van der Waals surface area contributed by atoms with E-state index in [4.69, 9.17) is 0 Å². The molecule has 0 atom stereocenters. The summed E-state index contributed by atoms with van der Waals surface area (Å²) < 4.78 is 2.22. The van der Waals surface area contributed by atoms with Gasteiger partial charge in [-0.05, 0) is 30.7 Å². The molecule has 0 saturated carbocycles. The Morgan fingerprint density at radius 3 is 2.66 bits per heavy atom. The Labute approximate surface area is 177 Å². The molecule has 29 heavy (non-hydrogen) atoms. The van der Waals surface area contributed by atoms with Gasteiger partial charge in [0.15, 0.2) is 0 Å². The Morgan fingerprint density at radius 1 is 1.10 bits per heavy atom. The SMILES string of the molecule is Cc1cccc(CN2CCN(C(=O)Cn3cnc4ccc(Br)cc4c3=O)CC2)c1. The van der Waals surface area contributed by atoms with E-state index in [2.05, 4.69) is 57.0 Å². The Kier molecular flexibility index (Phi) is 5.78. The predicted octanol–water partition coefficient (Wildman–Crippen LogP) is 2.81. The molecule has 1 aliphatic heterocycles. The third kappa shape index (κ3) is 4.57. The van der Waals surface area contributed by atoms with Gasteiger partial charge in [-0.1, -0.05) is 45.8 Å². The molecule has 0 N–H and O–H groups in total. The van der Waals surface area contributed by atoms with Gasteiger partial charge in [-0.25, -0.2) is 4.98 Å². The Bertz CT molecular complexity index is 1100. The number of halogens is 1. The number of aromatic nitrogens is 2. The van der Waals surface area contributed by atoms with Crippen molar-refractivity contribution >= 4 is 32.7 Å². The van der Waals surface area contributed by atoms with Crippen LogP contribution in [0.5, 0.6) is 0 Å². The van der Waals surface area contributed by atoms with Crippen molar-refractivity contribution in [3.05, 3.63) is 74.7 Å². The quantitative estimate of drug-likeness (QED) is 0.607. The van der Waals surface area contributed by atoms with E-state index >= 15 is 0 Å². The Hall–Kier alpha value is -2.51. The van der Waals surface area contributed by atoms with Crippen molar-refractivity contribution in [2.24, 2.45) is 0 Å². The van der Waals surface area contributed by atoms with Gasteiger partial charge in [0, 0.05) is 37.2 Å². The van der Waals surface area contributed by atoms with Crippen LogP contribution in [0.2, 0.25) is 0 Å². The highest BCUT2D eigenvalue weighted by Gasteiger charge is 2.22. The van der Waals surface area contributed by atoms with E-state index in [0.717, 1.165) is 24.1 Å². The highest BCUT2D eigenvalue weighted by Crippen LogP contribution is 2.15. The molecule has 3 aromatic rings. The van der Waals surface area contributed by atoms with Crippen LogP contribution in [-0.4, -0.2) is 51.4 Å². The lowest BCUT2D eigenvalue weighted by Crippen LogP contribution is -2.49. The molecule has 0 radical (unpaired) electrons. The van der Waals surface area contributed by atoms with Gasteiger partial charge in [0.1, 0.15) is 6.54 Å². The average Bonchev–Trinajstić information content (AvgIpc) is 2.71. The molecule has 7 heteroatoms. The van der Waals surface area contributed by atoms with Crippen LogP contribution < -0.4 is 5.56 Å². The molecule has 1 saturated heterocycles. The van der Waals surface area contributed by atoms with Gasteiger partial charge in [0.05, 0.1) is 17.2 Å². The third-order valence-corrected chi connectivity index (χ3v) is 5.80. The van der Waals surface area contributed by atoms with Gasteiger partial charge in [0.2, 0.25) is 5.91 Å². The number of rotatable bonds is 4. The minimum Gasteiger partial charge on any atom is -0.339 e. The van der Waals surface area contributed by atoms with E-state index in [-0.39, 0.29) is 18.0 Å². The van der Waals surface area contributed by atoms with Crippen LogP contribution in [0.15, 0.2) is 58.1 Å². The zero-order valence-corrected chi connectivity index (χ0v) is 17.9. The summed E-state index contributed by atoms with van der Waals surface area (Å²) >= 11 is 3.38. The highest BCUT2D eigenvalue weighted by molar-refractivity contribution is 9.10. The summed E-state index contributed by atoms with van der Waals surface area (Å²) in [7, 11) is 0. The number of piperazine rings is 1. The topological polar surface area (TPSA) is 58.4 Å². The van der Waals surface area contributed by atoms with Gasteiger partial charge >= 0.3 is 0 Å². The van der Waals surface area contributed by atoms with Crippen molar-refractivity contribution in [2.75, 3.05) is 26.2 Å². The van der Waals surface area contributed by atoms with Crippen molar-refractivity contribution in [3.8, 4) is 0 Å². The van der Waals surface area contributed by atoms with Crippen molar-refractivity contribution in [2.45, 2.75) is 20.0 Å². The standard InChI is InChI=1S/C22H23BrN4O2/c1-16-3-2-4-17(11-16)13-25-7-9-26(10-8-25)21(28)14-27-15-24-20-6-5-18(23)12-19(20)22(27)29/h2-6,11-12,15H,7-10,13-14H2,1H3. The van der Waals surface area contributed by atoms with E-state index < -0.39 is 0 Å². The Morgan fingerprint density at radius 2 is 1.90 bits per heavy atom. The molecule has 2 aromatic carbocycles. The minimum atomic E-state index is -0.192. The molecular formula is C22H23BrN4O2. The molecule has 2 heterocycles. The molecule has 1 aromatic heterocycles. The van der Waals surface area contributed by atoms with Crippen molar-refractivity contribution in [1.29, 1.82) is 0 Å². The van der Waals surface area contributed by atoms with E-state index in [9.17, 15) is 9.59 Å². The first kappa shape index (κ1) is 19.8. The van der Waals surface area contributed by atoms with Crippen molar-refractivity contribution < 1.29 is 4.79 Å². The largest absolute Gasteiger partial charge is 0.339 e. The van der Waals surface area contributed by atoms with E-state index in [1.54, 1.807) is 12.1 Å². The number of fused-ring (bicyclic) bond motifs is 1. The molecular weight excluding hydrogens is 432 g/mol. The van der Waals surface area contributed by atoms with Crippen molar-refractivity contribution in [1.82, 2.24) is 19.4 Å². The smallest absolute Gasteiger partial charge is 0.261 e. The van der Waals surface area contributed by atoms with Crippen LogP contribution in [-0.2, 0) is 17.9 Å². The summed E-state index contributed by atoms with van der Waals surface area (Å²) in [4.78, 5) is 34.0. The van der Waals surface area contributed by atoms with Gasteiger partial charge in [0.25, 0.3) is 5.56 Å². The summed E-state index contributed by atoms with van der Waals surface area (Å²) in [6.45, 7) is 6.02. The highest BCUT2D eigenvalue weighted by atomic mass is 79.9. The normalized spacial score (nSPS) is 15.0. The second-order valence-electron chi connectivity index (χ2n) is 7.49. The summed E-state index contributed by atoms with van der Waals surface area (Å²) in [5, 5.41) is 0.512. The first-order chi connectivity index (χ1) is 14.0. The monoisotopic (exact) mass is 454 g/mol. The number of carbonyl (C=O) groups is 1. The average molecular weight is 455 g/mol. The number of benzene rings is 2. The lowest BCUT2D eigenvalue weighted by Gasteiger charge is -2.35. The van der Waals surface area contributed by atoms with Crippen LogP contribution in [0, 0.1) is 6.92 Å². The van der Waals surface area contributed by atoms with E-state index in [1.165, 1.54) is 22.0 Å². The summed E-state index contributed by atoms with van der Waals surface area (Å²) in [5.74, 6) is -0.0431. The molecule has 1 amide bonds. The molecule has 0 bridgehead atoms. The zero-order valence-electron chi connectivity index (χ0n) is 16.3. The molecule has 4 rings (SSSR count). The second kappa shape index (κ2) is 8.47. The summed E-state index contributed by atoms with van der Waals surface area (Å²) in [5.41, 5.74) is 3.00. The molecule has 0 unspecified atom stereocenters. The van der Waals surface area contributed by atoms with Gasteiger partial charge in [-0.15, -0.1) is 0 Å². The lowest BCUT2D eigenvalue weighted by atomic mass is 10.1. The van der Waals surface area contributed by atoms with Crippen molar-refractivity contribution in [3.63, 3.8) is 0 Å². The lowest BCUT2D eigenvalue weighted by molar-refractivity contribution is -0.133. The maximum atomic E-state index is 12.7. The molecule has 1 aliphatic rings. The molecule has 6 nitrogen and oxygen atoms in total. The maximum absolute atomic E-state index is 12.7. The molecule has 0 spiro atoms. The van der Waals surface area contributed by atoms with Crippen LogP contribution in [0.1, 0.15) is 11.1 Å². The van der Waals surface area contributed by atoms with Crippen LogP contribution in [0.25, 0.3) is 10.9 Å². The fourth-order valence-corrected chi connectivity index (χ4v) is 4.07. The zero-order chi connectivity index (χ0) is 20.4. The number of aryl methyl sites for hydroxylation is 1. The van der Waals surface area contributed by atoms with Crippen LogP contribution in [0.3, 0.4) is 0 Å². The minimum absolute atomic E-state index is 0.0200. The van der Waals surface area contributed by atoms with E-state index in [1.807, 2.05) is 11.0 Å². The fourth-order valence-electron chi connectivity index (χ4n) is 3.71. The summed E-state index contributed by atoms with van der Waals surface area (Å²) in [6, 6.07) is 13.9. The first-order valence-corrected chi connectivity index (χ1v) is 10.5. The fraction of sp³-hybridized carbons (Fsp3) is 0.318. The molecule has 1 fully saturated rings. The predicted molar refractivity (Wildman–Crippen MR) is 117 cm³/mol. The first-order valence-electron chi connectivity index (χ1n) is 9.70. The third-order valence-electron chi connectivity index (χ3n) is 5.31. The Balaban J connectivity index is 1.38. The van der Waals surface area contributed by atoms with Crippen LogP contribution >= 0.6 is 15.9 Å². The number of nitrogens with zero attached hydrogens (tertiary/aromatic N) is 4. The van der Waals surface area contributed by atoms with Gasteiger partial charge < -0.3 is 4.90 Å².